The Morgan fingerprint density at radius 1 is 0.938 bits per heavy atom. The molecule has 0 spiro atoms. The van der Waals surface area contributed by atoms with Gasteiger partial charge in [0.1, 0.15) is 23.2 Å². The highest BCUT2D eigenvalue weighted by Crippen LogP contribution is 2.34. The van der Waals surface area contributed by atoms with Crippen LogP contribution in [-0.2, 0) is 0 Å². The van der Waals surface area contributed by atoms with Crippen molar-refractivity contribution < 1.29 is 13.9 Å². The number of benzene rings is 2. The molecular weight excluding hydrogens is 408 g/mol. The van der Waals surface area contributed by atoms with E-state index in [2.05, 4.69) is 38.3 Å². The van der Waals surface area contributed by atoms with E-state index >= 15 is 0 Å². The molecule has 1 fully saturated rings. The molecule has 0 amide bonds. The average Bonchev–Trinajstić information content (AvgIpc) is 2.67. The van der Waals surface area contributed by atoms with Gasteiger partial charge in [0.15, 0.2) is 0 Å². The molecule has 6 heteroatoms. The second-order valence-corrected chi connectivity index (χ2v) is 9.94. The second kappa shape index (κ2) is 8.17. The number of aromatic nitrogens is 1. The first-order chi connectivity index (χ1) is 15.0. The summed E-state index contributed by atoms with van der Waals surface area (Å²) in [5, 5.41) is 17.1. The zero-order chi connectivity index (χ0) is 23.1. The molecule has 32 heavy (non-hydrogen) atoms. The summed E-state index contributed by atoms with van der Waals surface area (Å²) < 4.78 is 28.5. The van der Waals surface area contributed by atoms with Crippen LogP contribution in [0.1, 0.15) is 40.5 Å². The summed E-state index contributed by atoms with van der Waals surface area (Å²) in [5.74, 6) is -0.311. The topological polar surface area (TPSA) is 57.2 Å². The largest absolute Gasteiger partial charge is 0.508 e. The van der Waals surface area contributed by atoms with Crippen LogP contribution >= 0.6 is 0 Å². The SMILES string of the molecule is CC1(C)CC(Nc2cc(-c3cc(F)ccc3F)cc(-c3cccc(O)c3)n2)CC(C)(C)N1. The lowest BCUT2D eigenvalue weighted by atomic mass is 9.79. The Balaban J connectivity index is 1.78. The van der Waals surface area contributed by atoms with Gasteiger partial charge in [-0.05, 0) is 88.6 Å². The lowest BCUT2D eigenvalue weighted by molar-refractivity contribution is 0.170. The molecule has 2 aromatic carbocycles. The summed E-state index contributed by atoms with van der Waals surface area (Å²) in [6.07, 6.45) is 1.77. The fourth-order valence-corrected chi connectivity index (χ4v) is 4.93. The Kier molecular flexibility index (Phi) is 5.67. The zero-order valence-electron chi connectivity index (χ0n) is 18.8. The third kappa shape index (κ3) is 5.07. The summed E-state index contributed by atoms with van der Waals surface area (Å²) >= 11 is 0. The van der Waals surface area contributed by atoms with Crippen molar-refractivity contribution in [2.24, 2.45) is 0 Å². The number of hydrogen-bond acceptors (Lipinski definition) is 4. The monoisotopic (exact) mass is 437 g/mol. The van der Waals surface area contributed by atoms with Crippen molar-refractivity contribution in [2.45, 2.75) is 57.7 Å². The highest BCUT2D eigenvalue weighted by molar-refractivity contribution is 5.74. The molecule has 0 aliphatic carbocycles. The number of phenolic OH excluding ortho intramolecular Hbond substituents is 1. The lowest BCUT2D eigenvalue weighted by Crippen LogP contribution is -2.60. The first-order valence-corrected chi connectivity index (χ1v) is 10.8. The quantitative estimate of drug-likeness (QED) is 0.460. The molecule has 3 aromatic rings. The number of nitrogens with zero attached hydrogens (tertiary/aromatic N) is 1. The molecule has 1 aliphatic heterocycles. The predicted octanol–water partition coefficient (Wildman–Crippen LogP) is 6.12. The van der Waals surface area contributed by atoms with Crippen molar-refractivity contribution in [1.82, 2.24) is 10.3 Å². The number of halogens is 2. The van der Waals surface area contributed by atoms with Gasteiger partial charge in [-0.1, -0.05) is 12.1 Å². The maximum atomic E-state index is 14.6. The number of piperidine rings is 1. The fraction of sp³-hybridized carbons (Fsp3) is 0.346. The van der Waals surface area contributed by atoms with Gasteiger partial charge in [-0.25, -0.2) is 13.8 Å². The van der Waals surface area contributed by atoms with Gasteiger partial charge in [-0.3, -0.25) is 0 Å². The Bertz CT molecular complexity index is 1130. The summed E-state index contributed by atoms with van der Waals surface area (Å²) in [7, 11) is 0. The Labute approximate surface area is 187 Å². The smallest absolute Gasteiger partial charge is 0.131 e. The second-order valence-electron chi connectivity index (χ2n) is 9.94. The van der Waals surface area contributed by atoms with Crippen LogP contribution < -0.4 is 10.6 Å². The molecule has 0 atom stereocenters. The zero-order valence-corrected chi connectivity index (χ0v) is 18.8. The maximum Gasteiger partial charge on any atom is 0.131 e. The highest BCUT2D eigenvalue weighted by Gasteiger charge is 2.37. The van der Waals surface area contributed by atoms with Crippen molar-refractivity contribution in [3.05, 3.63) is 66.2 Å². The molecule has 0 radical (unpaired) electrons. The van der Waals surface area contributed by atoms with Crippen LogP contribution in [0.5, 0.6) is 5.75 Å². The van der Waals surface area contributed by atoms with Crippen LogP contribution in [0.3, 0.4) is 0 Å². The third-order valence-corrected chi connectivity index (χ3v) is 5.75. The third-order valence-electron chi connectivity index (χ3n) is 5.75. The number of aromatic hydroxyl groups is 1. The van der Waals surface area contributed by atoms with Gasteiger partial charge in [0, 0.05) is 28.2 Å². The van der Waals surface area contributed by atoms with Crippen molar-refractivity contribution in [3.8, 4) is 28.1 Å². The average molecular weight is 438 g/mol. The summed E-state index contributed by atoms with van der Waals surface area (Å²) in [6, 6.07) is 13.8. The van der Waals surface area contributed by atoms with Gasteiger partial charge < -0.3 is 15.7 Å². The molecule has 1 aliphatic rings. The molecule has 2 heterocycles. The van der Waals surface area contributed by atoms with E-state index in [1.54, 1.807) is 30.3 Å². The van der Waals surface area contributed by atoms with Crippen LogP contribution in [0, 0.1) is 11.6 Å². The molecule has 3 N–H and O–H groups in total. The van der Waals surface area contributed by atoms with Gasteiger partial charge in [0.2, 0.25) is 0 Å². The van der Waals surface area contributed by atoms with E-state index in [0.29, 0.717) is 22.6 Å². The fourth-order valence-electron chi connectivity index (χ4n) is 4.93. The minimum absolute atomic E-state index is 0.0558. The van der Waals surface area contributed by atoms with E-state index in [9.17, 15) is 13.9 Å². The molecular formula is C26H29F2N3O. The normalized spacial score (nSPS) is 17.8. The van der Waals surface area contributed by atoms with Crippen molar-refractivity contribution in [3.63, 3.8) is 0 Å². The first kappa shape index (κ1) is 22.2. The minimum atomic E-state index is -0.506. The number of rotatable bonds is 4. The number of pyridine rings is 1. The molecule has 0 saturated carbocycles. The first-order valence-electron chi connectivity index (χ1n) is 10.8. The number of phenols is 1. The van der Waals surface area contributed by atoms with E-state index in [1.165, 1.54) is 6.07 Å². The van der Waals surface area contributed by atoms with E-state index < -0.39 is 11.6 Å². The van der Waals surface area contributed by atoms with Crippen LogP contribution in [0.25, 0.3) is 22.4 Å². The molecule has 168 valence electrons. The molecule has 1 saturated heterocycles. The van der Waals surface area contributed by atoms with Crippen LogP contribution in [0.4, 0.5) is 14.6 Å². The van der Waals surface area contributed by atoms with Gasteiger partial charge in [0.05, 0.1) is 5.69 Å². The van der Waals surface area contributed by atoms with Crippen molar-refractivity contribution in [2.75, 3.05) is 5.32 Å². The number of anilines is 1. The molecule has 0 unspecified atom stereocenters. The highest BCUT2D eigenvalue weighted by atomic mass is 19.1. The van der Waals surface area contributed by atoms with Crippen molar-refractivity contribution in [1.29, 1.82) is 0 Å². The van der Waals surface area contributed by atoms with Crippen LogP contribution in [0.15, 0.2) is 54.6 Å². The summed E-state index contributed by atoms with van der Waals surface area (Å²) in [4.78, 5) is 4.75. The van der Waals surface area contributed by atoms with E-state index in [-0.39, 0.29) is 28.4 Å². The van der Waals surface area contributed by atoms with E-state index in [4.69, 9.17) is 4.98 Å². The van der Waals surface area contributed by atoms with E-state index in [1.807, 2.05) is 6.07 Å². The lowest BCUT2D eigenvalue weighted by Gasteiger charge is -2.46. The van der Waals surface area contributed by atoms with Gasteiger partial charge in [-0.15, -0.1) is 0 Å². The van der Waals surface area contributed by atoms with Crippen LogP contribution in [-0.4, -0.2) is 27.2 Å². The molecule has 4 nitrogen and oxygen atoms in total. The summed E-state index contributed by atoms with van der Waals surface area (Å²) in [5.41, 5.74) is 1.84. The van der Waals surface area contributed by atoms with E-state index in [0.717, 1.165) is 25.0 Å². The van der Waals surface area contributed by atoms with Gasteiger partial charge >= 0.3 is 0 Å². The van der Waals surface area contributed by atoms with Crippen molar-refractivity contribution >= 4 is 5.82 Å². The Morgan fingerprint density at radius 3 is 2.34 bits per heavy atom. The van der Waals surface area contributed by atoms with Gasteiger partial charge in [-0.2, -0.15) is 0 Å². The maximum absolute atomic E-state index is 14.6. The molecule has 1 aromatic heterocycles. The van der Waals surface area contributed by atoms with Gasteiger partial charge in [0.25, 0.3) is 0 Å². The summed E-state index contributed by atoms with van der Waals surface area (Å²) in [6.45, 7) is 8.69. The molecule has 4 rings (SSSR count). The van der Waals surface area contributed by atoms with Crippen LogP contribution in [0.2, 0.25) is 0 Å². The predicted molar refractivity (Wildman–Crippen MR) is 125 cm³/mol. The Hall–Kier alpha value is -2.99. The Morgan fingerprint density at radius 2 is 1.66 bits per heavy atom. The standard InChI is InChI=1S/C26H29F2N3O/c1-25(2)14-19(15-26(3,4)31-25)29-24-12-17(21-13-18(27)8-9-22(21)28)11-23(30-24)16-6-5-7-20(32)10-16/h5-13,19,31-32H,14-15H2,1-4H3,(H,29,30). The number of nitrogens with one attached hydrogen (secondary N) is 2. The molecule has 0 bridgehead atoms. The minimum Gasteiger partial charge on any atom is -0.508 e. The number of hydrogen-bond donors (Lipinski definition) is 3.